The van der Waals surface area contributed by atoms with Gasteiger partial charge in [-0.15, -0.1) is 15.3 Å². The number of anilines is 2. The highest BCUT2D eigenvalue weighted by atomic mass is 19.1. The maximum absolute atomic E-state index is 14.2. The number of aryl methyl sites for hydroxylation is 2. The van der Waals surface area contributed by atoms with Gasteiger partial charge in [0.05, 0.1) is 11.3 Å². The van der Waals surface area contributed by atoms with Crippen LogP contribution in [0.5, 0.6) is 0 Å². The molecule has 1 aliphatic heterocycles. The molecule has 4 aromatic rings. The fourth-order valence-corrected chi connectivity index (χ4v) is 3.75. The van der Waals surface area contributed by atoms with E-state index in [9.17, 15) is 9.18 Å². The van der Waals surface area contributed by atoms with Crippen LogP contribution in [0.15, 0.2) is 42.5 Å². The van der Waals surface area contributed by atoms with Gasteiger partial charge in [0, 0.05) is 19.7 Å². The Morgan fingerprint density at radius 1 is 1.13 bits per heavy atom. The van der Waals surface area contributed by atoms with Crippen molar-refractivity contribution >= 4 is 23.2 Å². The third-order valence-electron chi connectivity index (χ3n) is 5.16. The first-order valence-corrected chi connectivity index (χ1v) is 9.57. The molecule has 1 saturated heterocycles. The highest BCUT2D eigenvalue weighted by Gasteiger charge is 2.34. The normalized spacial score (nSPS) is 16.6. The van der Waals surface area contributed by atoms with Crippen molar-refractivity contribution in [3.8, 4) is 11.4 Å². The molecule has 1 fully saturated rings. The molecule has 10 heteroatoms. The van der Waals surface area contributed by atoms with Gasteiger partial charge < -0.3 is 5.32 Å². The first-order valence-electron chi connectivity index (χ1n) is 9.57. The number of benzene rings is 1. The molecule has 1 aromatic carbocycles. The molecule has 3 aromatic heterocycles. The molecule has 0 bridgehead atoms. The summed E-state index contributed by atoms with van der Waals surface area (Å²) in [5.41, 5.74) is 1.66. The van der Waals surface area contributed by atoms with E-state index in [0.717, 1.165) is 11.5 Å². The maximum atomic E-state index is 14.2. The SMILES string of the molecule is Cc1cc(N2CCC(Nc3ccc4nnc(-c5ccccc5F)n4n3)C2=O)n(C)n1. The molecular formula is C20H19FN8O. The minimum absolute atomic E-state index is 0.0435. The van der Waals surface area contributed by atoms with Crippen molar-refractivity contribution in [1.82, 2.24) is 29.6 Å². The van der Waals surface area contributed by atoms with Crippen LogP contribution in [-0.4, -0.2) is 48.1 Å². The topological polar surface area (TPSA) is 93.2 Å². The first kappa shape index (κ1) is 18.2. The Bertz CT molecular complexity index is 1260. The van der Waals surface area contributed by atoms with Crippen molar-refractivity contribution in [3.05, 3.63) is 54.0 Å². The largest absolute Gasteiger partial charge is 0.357 e. The molecule has 5 rings (SSSR count). The third-order valence-corrected chi connectivity index (χ3v) is 5.16. The molecule has 9 nitrogen and oxygen atoms in total. The van der Waals surface area contributed by atoms with Crippen molar-refractivity contribution in [2.45, 2.75) is 19.4 Å². The van der Waals surface area contributed by atoms with E-state index in [1.807, 2.05) is 20.0 Å². The predicted octanol–water partition coefficient (Wildman–Crippen LogP) is 2.19. The van der Waals surface area contributed by atoms with Crippen LogP contribution in [0.25, 0.3) is 17.0 Å². The van der Waals surface area contributed by atoms with Crippen LogP contribution in [0, 0.1) is 12.7 Å². The Hall–Kier alpha value is -3.82. The van der Waals surface area contributed by atoms with E-state index in [4.69, 9.17) is 0 Å². The summed E-state index contributed by atoms with van der Waals surface area (Å²) in [4.78, 5) is 14.7. The lowest BCUT2D eigenvalue weighted by molar-refractivity contribution is -0.117. The van der Waals surface area contributed by atoms with Gasteiger partial charge in [-0.25, -0.2) is 4.39 Å². The number of halogens is 1. The summed E-state index contributed by atoms with van der Waals surface area (Å²) in [6.07, 6.45) is 0.630. The van der Waals surface area contributed by atoms with E-state index in [1.165, 1.54) is 10.6 Å². The molecule has 0 radical (unpaired) electrons. The fourth-order valence-electron chi connectivity index (χ4n) is 3.75. The molecule has 4 heterocycles. The summed E-state index contributed by atoms with van der Waals surface area (Å²) in [6.45, 7) is 2.48. The quantitative estimate of drug-likeness (QED) is 0.559. The first-order chi connectivity index (χ1) is 14.5. The van der Waals surface area contributed by atoms with Crippen LogP contribution >= 0.6 is 0 Å². The number of carbonyl (C=O) groups excluding carboxylic acids is 1. The van der Waals surface area contributed by atoms with E-state index in [0.29, 0.717) is 35.8 Å². The van der Waals surface area contributed by atoms with Crippen LogP contribution in [0.4, 0.5) is 16.0 Å². The third kappa shape index (κ3) is 2.97. The van der Waals surface area contributed by atoms with E-state index >= 15 is 0 Å². The standard InChI is InChI=1S/C20H19FN8O/c1-12-11-18(27(2)25-12)28-10-9-15(20(28)30)22-16-7-8-17-23-24-19(29(17)26-16)13-5-3-4-6-14(13)21/h3-8,11,15H,9-10H2,1-2H3,(H,22,26). The van der Waals surface area contributed by atoms with Gasteiger partial charge in [0.25, 0.3) is 5.91 Å². The van der Waals surface area contributed by atoms with Crippen LogP contribution in [0.3, 0.4) is 0 Å². The smallest absolute Gasteiger partial charge is 0.250 e. The summed E-state index contributed by atoms with van der Waals surface area (Å²) in [5.74, 6) is 1.11. The lowest BCUT2D eigenvalue weighted by Crippen LogP contribution is -2.34. The van der Waals surface area contributed by atoms with E-state index in [-0.39, 0.29) is 5.91 Å². The summed E-state index contributed by atoms with van der Waals surface area (Å²) in [5, 5.41) is 20.1. The molecule has 0 aliphatic carbocycles. The summed E-state index contributed by atoms with van der Waals surface area (Å²) in [6, 6.07) is 11.3. The van der Waals surface area contributed by atoms with E-state index < -0.39 is 11.9 Å². The molecule has 1 aliphatic rings. The van der Waals surface area contributed by atoms with E-state index in [1.54, 1.807) is 39.9 Å². The summed E-state index contributed by atoms with van der Waals surface area (Å²) in [7, 11) is 1.82. The molecule has 1 amide bonds. The molecule has 152 valence electrons. The second kappa shape index (κ2) is 6.90. The molecule has 0 spiro atoms. The monoisotopic (exact) mass is 406 g/mol. The number of nitrogens with one attached hydrogen (secondary N) is 1. The zero-order valence-corrected chi connectivity index (χ0v) is 16.4. The van der Waals surface area contributed by atoms with Gasteiger partial charge in [0.2, 0.25) is 0 Å². The fraction of sp³-hybridized carbons (Fsp3) is 0.250. The zero-order valence-electron chi connectivity index (χ0n) is 16.4. The molecule has 1 unspecified atom stereocenters. The molecule has 30 heavy (non-hydrogen) atoms. The van der Waals surface area contributed by atoms with Crippen molar-refractivity contribution in [1.29, 1.82) is 0 Å². The Morgan fingerprint density at radius 2 is 1.97 bits per heavy atom. The minimum atomic E-state index is -0.418. The van der Waals surface area contributed by atoms with Crippen LogP contribution in [0.2, 0.25) is 0 Å². The number of aromatic nitrogens is 6. The number of hydrogen-bond acceptors (Lipinski definition) is 6. The van der Waals surface area contributed by atoms with Gasteiger partial charge in [-0.2, -0.15) is 9.61 Å². The lowest BCUT2D eigenvalue weighted by Gasteiger charge is -2.17. The number of hydrogen-bond donors (Lipinski definition) is 1. The summed E-state index contributed by atoms with van der Waals surface area (Å²) < 4.78 is 17.4. The van der Waals surface area contributed by atoms with Gasteiger partial charge in [-0.05, 0) is 37.6 Å². The average Bonchev–Trinajstić information content (AvgIpc) is 3.40. The van der Waals surface area contributed by atoms with Gasteiger partial charge in [0.15, 0.2) is 11.5 Å². The number of rotatable bonds is 4. The Kier molecular flexibility index (Phi) is 4.19. The van der Waals surface area contributed by atoms with Gasteiger partial charge in [-0.1, -0.05) is 12.1 Å². The Labute approximate surface area is 171 Å². The number of amides is 1. The zero-order chi connectivity index (χ0) is 20.8. The van der Waals surface area contributed by atoms with Crippen molar-refractivity contribution < 1.29 is 9.18 Å². The highest BCUT2D eigenvalue weighted by Crippen LogP contribution is 2.25. The number of fused-ring (bicyclic) bond motifs is 1. The summed E-state index contributed by atoms with van der Waals surface area (Å²) >= 11 is 0. The van der Waals surface area contributed by atoms with Crippen molar-refractivity contribution in [3.63, 3.8) is 0 Å². The number of nitrogens with zero attached hydrogens (tertiary/aromatic N) is 7. The van der Waals surface area contributed by atoms with Crippen LogP contribution < -0.4 is 10.2 Å². The number of carbonyl (C=O) groups is 1. The minimum Gasteiger partial charge on any atom is -0.357 e. The Balaban J connectivity index is 1.42. The van der Waals surface area contributed by atoms with Gasteiger partial charge >= 0.3 is 0 Å². The highest BCUT2D eigenvalue weighted by molar-refractivity contribution is 6.00. The second-order valence-electron chi connectivity index (χ2n) is 7.24. The van der Waals surface area contributed by atoms with Gasteiger partial charge in [0.1, 0.15) is 23.5 Å². The van der Waals surface area contributed by atoms with Crippen LogP contribution in [-0.2, 0) is 11.8 Å². The van der Waals surface area contributed by atoms with Crippen molar-refractivity contribution in [2.24, 2.45) is 7.05 Å². The second-order valence-corrected chi connectivity index (χ2v) is 7.24. The van der Waals surface area contributed by atoms with Crippen LogP contribution in [0.1, 0.15) is 12.1 Å². The molecule has 0 saturated carbocycles. The Morgan fingerprint density at radius 3 is 2.73 bits per heavy atom. The van der Waals surface area contributed by atoms with Crippen molar-refractivity contribution in [2.75, 3.05) is 16.8 Å². The van der Waals surface area contributed by atoms with E-state index in [2.05, 4.69) is 25.7 Å². The molecule has 1 atom stereocenters. The molecular weight excluding hydrogens is 387 g/mol. The van der Waals surface area contributed by atoms with Gasteiger partial charge in [-0.3, -0.25) is 14.4 Å². The molecule has 1 N–H and O–H groups in total. The maximum Gasteiger partial charge on any atom is 0.250 e. The predicted molar refractivity (Wildman–Crippen MR) is 109 cm³/mol. The lowest BCUT2D eigenvalue weighted by atomic mass is 10.2. The average molecular weight is 406 g/mol.